The van der Waals surface area contributed by atoms with Crippen molar-refractivity contribution < 1.29 is 9.59 Å². The van der Waals surface area contributed by atoms with E-state index in [9.17, 15) is 9.59 Å². The molecule has 2 aliphatic rings. The van der Waals surface area contributed by atoms with Crippen LogP contribution in [0.3, 0.4) is 0 Å². The molecule has 148 valence electrons. The Morgan fingerprint density at radius 3 is 2.41 bits per heavy atom. The predicted octanol–water partition coefficient (Wildman–Crippen LogP) is 3.00. The highest BCUT2D eigenvalue weighted by Crippen LogP contribution is 2.30. The summed E-state index contributed by atoms with van der Waals surface area (Å²) >= 11 is 1.69. The van der Waals surface area contributed by atoms with Crippen LogP contribution >= 0.6 is 11.3 Å². The summed E-state index contributed by atoms with van der Waals surface area (Å²) in [5, 5.41) is 1.01. The SMILES string of the molecule is O=C([C@@H]1CCN(c2ccccc2)C1=O)N1CCN(c2nc3ccccc3s2)CC1. The van der Waals surface area contributed by atoms with Crippen LogP contribution in [0.5, 0.6) is 0 Å². The summed E-state index contributed by atoms with van der Waals surface area (Å²) in [6.07, 6.45) is 0.588. The molecular weight excluding hydrogens is 384 g/mol. The molecule has 0 unspecified atom stereocenters. The zero-order valence-electron chi connectivity index (χ0n) is 16.0. The van der Waals surface area contributed by atoms with Crippen LogP contribution in [0.25, 0.3) is 10.2 Å². The Balaban J connectivity index is 1.23. The molecule has 7 heteroatoms. The normalized spacial score (nSPS) is 19.9. The Morgan fingerprint density at radius 2 is 1.66 bits per heavy atom. The van der Waals surface area contributed by atoms with E-state index in [0.717, 1.165) is 29.4 Å². The summed E-state index contributed by atoms with van der Waals surface area (Å²) in [6.45, 7) is 3.35. The number of para-hydroxylation sites is 2. The molecule has 2 aliphatic heterocycles. The van der Waals surface area contributed by atoms with Gasteiger partial charge >= 0.3 is 0 Å². The van der Waals surface area contributed by atoms with Crippen molar-refractivity contribution in [2.75, 3.05) is 42.5 Å². The second kappa shape index (κ2) is 7.48. The first-order chi connectivity index (χ1) is 14.2. The number of thiazole rings is 1. The minimum Gasteiger partial charge on any atom is -0.345 e. The van der Waals surface area contributed by atoms with E-state index in [-0.39, 0.29) is 11.8 Å². The van der Waals surface area contributed by atoms with Gasteiger partial charge in [0.15, 0.2) is 5.13 Å². The number of aromatic nitrogens is 1. The fraction of sp³-hybridized carbons (Fsp3) is 0.318. The fourth-order valence-electron chi connectivity index (χ4n) is 4.11. The number of carbonyl (C=O) groups is 2. The molecule has 2 aromatic carbocycles. The molecule has 2 saturated heterocycles. The van der Waals surface area contributed by atoms with Crippen LogP contribution in [-0.4, -0.2) is 54.4 Å². The van der Waals surface area contributed by atoms with Gasteiger partial charge in [-0.25, -0.2) is 4.98 Å². The number of nitrogens with zero attached hydrogens (tertiary/aromatic N) is 4. The molecule has 2 fully saturated rings. The van der Waals surface area contributed by atoms with Crippen LogP contribution in [0, 0.1) is 5.92 Å². The molecule has 3 heterocycles. The third-order valence-electron chi connectivity index (χ3n) is 5.72. The van der Waals surface area contributed by atoms with Gasteiger partial charge in [0.05, 0.1) is 10.2 Å². The summed E-state index contributed by atoms with van der Waals surface area (Å²) in [4.78, 5) is 36.4. The highest BCUT2D eigenvalue weighted by Gasteiger charge is 2.40. The number of amides is 2. The lowest BCUT2D eigenvalue weighted by Gasteiger charge is -2.35. The Hall–Kier alpha value is -2.93. The second-order valence-electron chi connectivity index (χ2n) is 7.44. The lowest BCUT2D eigenvalue weighted by atomic mass is 10.1. The highest BCUT2D eigenvalue weighted by atomic mass is 32.1. The first kappa shape index (κ1) is 18.1. The van der Waals surface area contributed by atoms with E-state index in [1.54, 1.807) is 16.2 Å². The van der Waals surface area contributed by atoms with Crippen molar-refractivity contribution in [2.45, 2.75) is 6.42 Å². The maximum atomic E-state index is 13.0. The van der Waals surface area contributed by atoms with Crippen molar-refractivity contribution in [3.05, 3.63) is 54.6 Å². The number of carbonyl (C=O) groups excluding carboxylic acids is 2. The molecule has 1 atom stereocenters. The number of piperazine rings is 1. The number of hydrogen-bond acceptors (Lipinski definition) is 5. The maximum absolute atomic E-state index is 13.0. The van der Waals surface area contributed by atoms with Crippen molar-refractivity contribution in [2.24, 2.45) is 5.92 Å². The van der Waals surface area contributed by atoms with E-state index >= 15 is 0 Å². The molecule has 3 aromatic rings. The van der Waals surface area contributed by atoms with Crippen molar-refractivity contribution in [1.29, 1.82) is 0 Å². The molecule has 0 radical (unpaired) electrons. The third kappa shape index (κ3) is 3.35. The minimum atomic E-state index is -0.552. The van der Waals surface area contributed by atoms with Gasteiger partial charge in [0.25, 0.3) is 0 Å². The van der Waals surface area contributed by atoms with Crippen LogP contribution in [-0.2, 0) is 9.59 Å². The number of benzene rings is 2. The average molecular weight is 407 g/mol. The number of anilines is 2. The van der Waals surface area contributed by atoms with Crippen LogP contribution in [0.2, 0.25) is 0 Å². The van der Waals surface area contributed by atoms with Gasteiger partial charge in [-0.1, -0.05) is 41.7 Å². The Bertz CT molecular complexity index is 1010. The summed E-state index contributed by atoms with van der Waals surface area (Å²) < 4.78 is 1.18. The van der Waals surface area contributed by atoms with E-state index < -0.39 is 5.92 Å². The van der Waals surface area contributed by atoms with Gasteiger partial charge in [-0.3, -0.25) is 9.59 Å². The molecule has 0 spiro atoms. The van der Waals surface area contributed by atoms with E-state index in [1.165, 1.54) is 4.70 Å². The molecule has 2 amide bonds. The molecule has 1 aromatic heterocycles. The second-order valence-corrected chi connectivity index (χ2v) is 8.45. The molecular formula is C22H22N4O2S. The Labute approximate surface area is 173 Å². The first-order valence-corrected chi connectivity index (χ1v) is 10.8. The van der Waals surface area contributed by atoms with E-state index in [1.807, 2.05) is 53.4 Å². The van der Waals surface area contributed by atoms with Crippen molar-refractivity contribution in [3.63, 3.8) is 0 Å². The average Bonchev–Trinajstić information content (AvgIpc) is 3.37. The predicted molar refractivity (Wildman–Crippen MR) is 115 cm³/mol. The van der Waals surface area contributed by atoms with Gasteiger partial charge in [-0.05, 0) is 30.7 Å². The summed E-state index contributed by atoms with van der Waals surface area (Å²) in [6, 6.07) is 17.7. The van der Waals surface area contributed by atoms with Gasteiger partial charge in [0.2, 0.25) is 11.8 Å². The lowest BCUT2D eigenvalue weighted by molar-refractivity contribution is -0.140. The van der Waals surface area contributed by atoms with Gasteiger partial charge in [-0.15, -0.1) is 0 Å². The Morgan fingerprint density at radius 1 is 0.931 bits per heavy atom. The molecule has 5 rings (SSSR count). The van der Waals surface area contributed by atoms with Gasteiger partial charge in [-0.2, -0.15) is 0 Å². The van der Waals surface area contributed by atoms with Gasteiger partial charge < -0.3 is 14.7 Å². The minimum absolute atomic E-state index is 0.0302. The van der Waals surface area contributed by atoms with E-state index in [4.69, 9.17) is 4.98 Å². The van der Waals surface area contributed by atoms with Crippen LogP contribution in [0.4, 0.5) is 10.8 Å². The van der Waals surface area contributed by atoms with Crippen molar-refractivity contribution >= 4 is 44.2 Å². The summed E-state index contributed by atoms with van der Waals surface area (Å²) in [5.41, 5.74) is 1.89. The lowest BCUT2D eigenvalue weighted by Crippen LogP contribution is -2.51. The van der Waals surface area contributed by atoms with Crippen LogP contribution < -0.4 is 9.80 Å². The highest BCUT2D eigenvalue weighted by molar-refractivity contribution is 7.22. The zero-order chi connectivity index (χ0) is 19.8. The molecule has 29 heavy (non-hydrogen) atoms. The number of rotatable bonds is 3. The number of hydrogen-bond donors (Lipinski definition) is 0. The third-order valence-corrected chi connectivity index (χ3v) is 6.81. The standard InChI is InChI=1S/C22H22N4O2S/c27-20(17-10-11-26(21(17)28)16-6-2-1-3-7-16)24-12-14-25(15-13-24)22-23-18-8-4-5-9-19(18)29-22/h1-9,17H,10-15H2/t17-/m0/s1. The van der Waals surface area contributed by atoms with E-state index in [0.29, 0.717) is 26.1 Å². The number of fused-ring (bicyclic) bond motifs is 1. The smallest absolute Gasteiger partial charge is 0.239 e. The largest absolute Gasteiger partial charge is 0.345 e. The van der Waals surface area contributed by atoms with Gasteiger partial charge in [0, 0.05) is 38.4 Å². The summed E-state index contributed by atoms with van der Waals surface area (Å²) in [5.74, 6) is -0.656. The van der Waals surface area contributed by atoms with Crippen molar-refractivity contribution in [1.82, 2.24) is 9.88 Å². The quantitative estimate of drug-likeness (QED) is 0.628. The van der Waals surface area contributed by atoms with Crippen LogP contribution in [0.15, 0.2) is 54.6 Å². The maximum Gasteiger partial charge on any atom is 0.239 e. The van der Waals surface area contributed by atoms with Gasteiger partial charge in [0.1, 0.15) is 5.92 Å². The molecule has 0 bridgehead atoms. The first-order valence-electron chi connectivity index (χ1n) is 9.96. The topological polar surface area (TPSA) is 56.8 Å². The monoisotopic (exact) mass is 406 g/mol. The van der Waals surface area contributed by atoms with E-state index in [2.05, 4.69) is 11.0 Å². The fourth-order valence-corrected chi connectivity index (χ4v) is 5.12. The van der Waals surface area contributed by atoms with Crippen molar-refractivity contribution in [3.8, 4) is 0 Å². The molecule has 6 nitrogen and oxygen atoms in total. The summed E-state index contributed by atoms with van der Waals surface area (Å²) in [7, 11) is 0. The Kier molecular flexibility index (Phi) is 4.67. The molecule has 0 aliphatic carbocycles. The molecule has 0 saturated carbocycles. The molecule has 0 N–H and O–H groups in total. The zero-order valence-corrected chi connectivity index (χ0v) is 16.8. The van der Waals surface area contributed by atoms with Crippen LogP contribution in [0.1, 0.15) is 6.42 Å².